The molecule has 1 aromatic carbocycles. The number of ether oxygens (including phenoxy) is 1. The van der Waals surface area contributed by atoms with Crippen LogP contribution in [0.2, 0.25) is 0 Å². The van der Waals surface area contributed by atoms with Crippen molar-refractivity contribution in [1.82, 2.24) is 0 Å². The van der Waals surface area contributed by atoms with Crippen LogP contribution < -0.4 is 5.73 Å². The van der Waals surface area contributed by atoms with Gasteiger partial charge in [0.25, 0.3) is 0 Å². The number of hydrogen-bond donors (Lipinski definition) is 2. The van der Waals surface area contributed by atoms with Gasteiger partial charge < -0.3 is 15.6 Å². The zero-order valence-electron chi connectivity index (χ0n) is 8.54. The van der Waals surface area contributed by atoms with Crippen LogP contribution in [0, 0.1) is 0 Å². The van der Waals surface area contributed by atoms with Crippen LogP contribution in [0.4, 0.5) is 0 Å². The SMILES string of the molecule is COC(=O)[C@H](N)Cc1cc(Br)c(O)c(Br)c1. The summed E-state index contributed by atoms with van der Waals surface area (Å²) in [4.78, 5) is 11.1. The van der Waals surface area contributed by atoms with E-state index >= 15 is 0 Å². The van der Waals surface area contributed by atoms with Crippen LogP contribution in [-0.2, 0) is 16.0 Å². The summed E-state index contributed by atoms with van der Waals surface area (Å²) in [6, 6.07) is 2.72. The maximum Gasteiger partial charge on any atom is 0.322 e. The molecule has 4 nitrogen and oxygen atoms in total. The lowest BCUT2D eigenvalue weighted by molar-refractivity contribution is -0.142. The van der Waals surface area contributed by atoms with E-state index in [1.54, 1.807) is 12.1 Å². The molecule has 1 atom stereocenters. The van der Waals surface area contributed by atoms with Gasteiger partial charge in [-0.1, -0.05) is 0 Å². The molecule has 0 aromatic heterocycles. The van der Waals surface area contributed by atoms with Crippen LogP contribution in [0.15, 0.2) is 21.1 Å². The summed E-state index contributed by atoms with van der Waals surface area (Å²) < 4.78 is 5.63. The van der Waals surface area contributed by atoms with Crippen molar-refractivity contribution in [3.05, 3.63) is 26.6 Å². The van der Waals surface area contributed by atoms with E-state index in [2.05, 4.69) is 36.6 Å². The van der Waals surface area contributed by atoms with Crippen molar-refractivity contribution in [2.75, 3.05) is 7.11 Å². The Kier molecular flexibility index (Phi) is 4.76. The number of carbonyl (C=O) groups is 1. The highest BCUT2D eigenvalue weighted by atomic mass is 79.9. The Hall–Kier alpha value is -0.590. The topological polar surface area (TPSA) is 72.5 Å². The van der Waals surface area contributed by atoms with Crippen LogP contribution >= 0.6 is 31.9 Å². The predicted molar refractivity (Wildman–Crippen MR) is 67.2 cm³/mol. The number of carbonyl (C=O) groups excluding carboxylic acids is 1. The summed E-state index contributed by atoms with van der Waals surface area (Å²) in [6.07, 6.45) is 0.351. The third-order valence-corrected chi connectivity index (χ3v) is 3.25. The zero-order chi connectivity index (χ0) is 12.3. The van der Waals surface area contributed by atoms with E-state index in [0.29, 0.717) is 15.4 Å². The summed E-state index contributed by atoms with van der Waals surface area (Å²) in [7, 11) is 1.30. The van der Waals surface area contributed by atoms with E-state index in [4.69, 9.17) is 5.73 Å². The average molecular weight is 353 g/mol. The first-order valence-corrected chi connectivity index (χ1v) is 6.04. The van der Waals surface area contributed by atoms with Crippen LogP contribution in [-0.4, -0.2) is 24.2 Å². The molecule has 0 aliphatic heterocycles. The van der Waals surface area contributed by atoms with Crippen LogP contribution in [0.5, 0.6) is 5.75 Å². The van der Waals surface area contributed by atoms with Gasteiger partial charge in [-0.2, -0.15) is 0 Å². The minimum absolute atomic E-state index is 0.121. The van der Waals surface area contributed by atoms with Crippen LogP contribution in [0.3, 0.4) is 0 Å². The highest BCUT2D eigenvalue weighted by molar-refractivity contribution is 9.11. The number of nitrogens with two attached hydrogens (primary N) is 1. The fourth-order valence-electron chi connectivity index (χ4n) is 1.22. The van der Waals surface area contributed by atoms with Crippen molar-refractivity contribution in [2.45, 2.75) is 12.5 Å². The number of hydrogen-bond acceptors (Lipinski definition) is 4. The molecule has 0 radical (unpaired) electrons. The number of esters is 1. The van der Waals surface area contributed by atoms with Crippen molar-refractivity contribution < 1.29 is 14.6 Å². The Morgan fingerprint density at radius 2 is 2.00 bits per heavy atom. The van der Waals surface area contributed by atoms with Gasteiger partial charge in [-0.3, -0.25) is 4.79 Å². The van der Waals surface area contributed by atoms with Gasteiger partial charge in [0.05, 0.1) is 16.1 Å². The van der Waals surface area contributed by atoms with Gasteiger partial charge in [0.1, 0.15) is 11.8 Å². The lowest BCUT2D eigenvalue weighted by Gasteiger charge is -2.10. The fourth-order valence-corrected chi connectivity index (χ4v) is 2.51. The van der Waals surface area contributed by atoms with Gasteiger partial charge in [-0.15, -0.1) is 0 Å². The second kappa shape index (κ2) is 5.65. The van der Waals surface area contributed by atoms with Gasteiger partial charge in [0, 0.05) is 0 Å². The van der Waals surface area contributed by atoms with Gasteiger partial charge in [0.15, 0.2) is 0 Å². The first kappa shape index (κ1) is 13.5. The summed E-state index contributed by atoms with van der Waals surface area (Å²) >= 11 is 6.41. The third kappa shape index (κ3) is 3.20. The Morgan fingerprint density at radius 1 is 1.50 bits per heavy atom. The van der Waals surface area contributed by atoms with Crippen molar-refractivity contribution >= 4 is 37.8 Å². The second-order valence-corrected chi connectivity index (χ2v) is 4.95. The van der Waals surface area contributed by atoms with E-state index in [1.165, 1.54) is 7.11 Å². The zero-order valence-corrected chi connectivity index (χ0v) is 11.7. The minimum atomic E-state index is -0.701. The monoisotopic (exact) mass is 351 g/mol. The van der Waals surface area contributed by atoms with Crippen LogP contribution in [0.1, 0.15) is 5.56 Å². The van der Waals surface area contributed by atoms with E-state index in [-0.39, 0.29) is 5.75 Å². The maximum atomic E-state index is 11.1. The quantitative estimate of drug-likeness (QED) is 0.815. The van der Waals surface area contributed by atoms with E-state index < -0.39 is 12.0 Å². The number of aromatic hydroxyl groups is 1. The number of phenols is 1. The molecule has 0 spiro atoms. The number of benzene rings is 1. The number of rotatable bonds is 3. The van der Waals surface area contributed by atoms with Crippen molar-refractivity contribution in [3.8, 4) is 5.75 Å². The fraction of sp³-hybridized carbons (Fsp3) is 0.300. The standard InChI is InChI=1S/C10H11Br2NO3/c1-16-10(15)8(13)4-5-2-6(11)9(14)7(12)3-5/h2-3,8,14H,4,13H2,1H3/t8-/m1/s1. The maximum absolute atomic E-state index is 11.1. The summed E-state index contributed by atoms with van der Waals surface area (Å²) in [5.74, 6) is -0.337. The van der Waals surface area contributed by atoms with E-state index in [9.17, 15) is 9.90 Å². The van der Waals surface area contributed by atoms with Crippen molar-refractivity contribution in [2.24, 2.45) is 5.73 Å². The molecule has 0 saturated carbocycles. The second-order valence-electron chi connectivity index (χ2n) is 3.24. The summed E-state index contributed by atoms with van der Waals surface area (Å²) in [5.41, 5.74) is 6.46. The van der Waals surface area contributed by atoms with Gasteiger partial charge >= 0.3 is 5.97 Å². The summed E-state index contributed by atoms with van der Waals surface area (Å²) in [6.45, 7) is 0. The molecule has 3 N–H and O–H groups in total. The molecule has 0 bridgehead atoms. The molecule has 6 heteroatoms. The Bertz CT molecular complexity index is 386. The normalized spacial score (nSPS) is 12.2. The highest BCUT2D eigenvalue weighted by Gasteiger charge is 2.15. The van der Waals surface area contributed by atoms with E-state index in [0.717, 1.165) is 5.56 Å². The van der Waals surface area contributed by atoms with Gasteiger partial charge in [0.2, 0.25) is 0 Å². The molecule has 1 rings (SSSR count). The molecule has 16 heavy (non-hydrogen) atoms. The molecule has 0 saturated heterocycles. The van der Waals surface area contributed by atoms with Crippen LogP contribution in [0.25, 0.3) is 0 Å². The number of methoxy groups -OCH3 is 1. The number of phenolic OH excluding ortho intramolecular Hbond substituents is 1. The predicted octanol–water partition coefficient (Wildman–Crippen LogP) is 1.96. The molecule has 0 amide bonds. The summed E-state index contributed by atoms with van der Waals surface area (Å²) in [5, 5.41) is 9.50. The van der Waals surface area contributed by atoms with Crippen molar-refractivity contribution in [1.29, 1.82) is 0 Å². The average Bonchev–Trinajstić information content (AvgIpc) is 2.24. The third-order valence-electron chi connectivity index (χ3n) is 2.04. The molecular formula is C10H11Br2NO3. The van der Waals surface area contributed by atoms with Crippen molar-refractivity contribution in [3.63, 3.8) is 0 Å². The minimum Gasteiger partial charge on any atom is -0.506 e. The largest absolute Gasteiger partial charge is 0.506 e. The molecule has 0 aliphatic rings. The Labute approximate surface area is 110 Å². The first-order valence-electron chi connectivity index (χ1n) is 4.46. The Balaban J connectivity index is 2.86. The highest BCUT2D eigenvalue weighted by Crippen LogP contribution is 2.33. The van der Waals surface area contributed by atoms with E-state index in [1.807, 2.05) is 0 Å². The Morgan fingerprint density at radius 3 is 2.44 bits per heavy atom. The number of halogens is 2. The molecule has 88 valence electrons. The molecule has 0 unspecified atom stereocenters. The molecule has 0 aliphatic carbocycles. The molecule has 0 fully saturated rings. The molecule has 0 heterocycles. The molecular weight excluding hydrogens is 342 g/mol. The first-order chi connectivity index (χ1) is 7.45. The lowest BCUT2D eigenvalue weighted by atomic mass is 10.1. The van der Waals surface area contributed by atoms with Gasteiger partial charge in [-0.05, 0) is 56.0 Å². The lowest BCUT2D eigenvalue weighted by Crippen LogP contribution is -2.33. The van der Waals surface area contributed by atoms with Gasteiger partial charge in [-0.25, -0.2) is 0 Å². The molecule has 1 aromatic rings. The smallest absolute Gasteiger partial charge is 0.322 e.